The molecule has 0 saturated carbocycles. The van der Waals surface area contributed by atoms with Crippen molar-refractivity contribution in [1.29, 1.82) is 0 Å². The summed E-state index contributed by atoms with van der Waals surface area (Å²) in [5.41, 5.74) is 3.36. The van der Waals surface area contributed by atoms with Gasteiger partial charge in [-0.05, 0) is 55.0 Å². The Bertz CT molecular complexity index is 981. The smallest absolute Gasteiger partial charge is 0.332 e. The number of hydrogen-bond acceptors (Lipinski definition) is 4. The Morgan fingerprint density at radius 1 is 0.793 bits per heavy atom. The number of nitrogens with zero attached hydrogens (tertiary/aromatic N) is 4. The van der Waals surface area contributed by atoms with Crippen molar-refractivity contribution >= 4 is 11.4 Å². The first kappa shape index (κ1) is 19.2. The van der Waals surface area contributed by atoms with E-state index in [4.69, 9.17) is 4.74 Å². The fourth-order valence-corrected chi connectivity index (χ4v) is 3.86. The maximum atomic E-state index is 12.5. The number of anilines is 2. The van der Waals surface area contributed by atoms with Crippen LogP contribution in [0.5, 0.6) is 5.75 Å². The Labute approximate surface area is 171 Å². The number of benzene rings is 2. The minimum absolute atomic E-state index is 0.0210. The molecule has 0 unspecified atom stereocenters. The molecule has 0 radical (unpaired) electrons. The molecule has 1 aliphatic rings. The maximum absolute atomic E-state index is 12.5. The van der Waals surface area contributed by atoms with Crippen LogP contribution in [0.1, 0.15) is 13.3 Å². The zero-order valence-electron chi connectivity index (χ0n) is 17.1. The van der Waals surface area contributed by atoms with Crippen molar-refractivity contribution in [2.45, 2.75) is 19.9 Å². The normalized spacial score (nSPS) is 14.3. The molecule has 152 valence electrons. The van der Waals surface area contributed by atoms with Gasteiger partial charge >= 0.3 is 5.69 Å². The summed E-state index contributed by atoms with van der Waals surface area (Å²) in [5.74, 6) is 0.886. The van der Waals surface area contributed by atoms with Gasteiger partial charge in [-0.2, -0.15) is 0 Å². The van der Waals surface area contributed by atoms with Gasteiger partial charge in [-0.25, -0.2) is 4.79 Å². The molecule has 2 heterocycles. The van der Waals surface area contributed by atoms with Gasteiger partial charge in [0.15, 0.2) is 0 Å². The number of rotatable bonds is 6. The number of aryl methyl sites for hydroxylation is 1. The Morgan fingerprint density at radius 2 is 1.31 bits per heavy atom. The van der Waals surface area contributed by atoms with E-state index in [0.29, 0.717) is 0 Å². The first-order chi connectivity index (χ1) is 14.2. The van der Waals surface area contributed by atoms with Crippen LogP contribution in [0.2, 0.25) is 0 Å². The van der Waals surface area contributed by atoms with Gasteiger partial charge in [-0.1, -0.05) is 6.92 Å². The van der Waals surface area contributed by atoms with Crippen molar-refractivity contribution < 1.29 is 4.74 Å². The Kier molecular flexibility index (Phi) is 5.60. The molecule has 0 N–H and O–H groups in total. The van der Waals surface area contributed by atoms with E-state index in [1.807, 2.05) is 36.7 Å². The molecular weight excluding hydrogens is 364 g/mol. The number of imidazole rings is 1. The van der Waals surface area contributed by atoms with Crippen molar-refractivity contribution in [2.75, 3.05) is 43.1 Å². The van der Waals surface area contributed by atoms with E-state index >= 15 is 0 Å². The molecule has 1 aromatic heterocycles. The highest BCUT2D eigenvalue weighted by Crippen LogP contribution is 2.23. The van der Waals surface area contributed by atoms with Crippen molar-refractivity contribution in [3.05, 3.63) is 71.4 Å². The zero-order valence-corrected chi connectivity index (χ0v) is 17.1. The molecule has 6 heteroatoms. The van der Waals surface area contributed by atoms with E-state index < -0.39 is 0 Å². The summed E-state index contributed by atoms with van der Waals surface area (Å²) in [6.07, 6.45) is 4.66. The molecule has 2 aromatic carbocycles. The highest BCUT2D eigenvalue weighted by atomic mass is 16.5. The molecule has 0 aliphatic carbocycles. The summed E-state index contributed by atoms with van der Waals surface area (Å²) >= 11 is 0. The fourth-order valence-electron chi connectivity index (χ4n) is 3.86. The summed E-state index contributed by atoms with van der Waals surface area (Å²) in [6.45, 7) is 6.73. The number of methoxy groups -OCH3 is 1. The van der Waals surface area contributed by atoms with Gasteiger partial charge in [-0.15, -0.1) is 0 Å². The van der Waals surface area contributed by atoms with E-state index in [-0.39, 0.29) is 5.69 Å². The van der Waals surface area contributed by atoms with Gasteiger partial charge in [0.25, 0.3) is 0 Å². The second-order valence-electron chi connectivity index (χ2n) is 7.33. The average molecular weight is 393 g/mol. The van der Waals surface area contributed by atoms with Crippen LogP contribution in [0.3, 0.4) is 0 Å². The Morgan fingerprint density at radius 3 is 1.83 bits per heavy atom. The van der Waals surface area contributed by atoms with Crippen LogP contribution in [0.4, 0.5) is 11.4 Å². The summed E-state index contributed by atoms with van der Waals surface area (Å²) < 4.78 is 8.71. The number of ether oxygens (including phenoxy) is 1. The van der Waals surface area contributed by atoms with Crippen LogP contribution < -0.4 is 20.2 Å². The molecule has 0 spiro atoms. The zero-order chi connectivity index (χ0) is 20.2. The van der Waals surface area contributed by atoms with E-state index in [2.05, 4.69) is 41.0 Å². The molecule has 3 aromatic rings. The maximum Gasteiger partial charge on any atom is 0.332 e. The van der Waals surface area contributed by atoms with Gasteiger partial charge in [0.05, 0.1) is 12.8 Å². The molecule has 1 aliphatic heterocycles. The predicted molar refractivity (Wildman–Crippen MR) is 118 cm³/mol. The number of aromatic nitrogens is 2. The summed E-state index contributed by atoms with van der Waals surface area (Å²) in [7, 11) is 1.69. The lowest BCUT2D eigenvalue weighted by atomic mass is 10.2. The quantitative estimate of drug-likeness (QED) is 0.645. The minimum Gasteiger partial charge on any atom is -0.497 e. The first-order valence-electron chi connectivity index (χ1n) is 10.2. The largest absolute Gasteiger partial charge is 0.497 e. The van der Waals surface area contributed by atoms with Crippen LogP contribution >= 0.6 is 0 Å². The van der Waals surface area contributed by atoms with Gasteiger partial charge in [0.1, 0.15) is 5.75 Å². The van der Waals surface area contributed by atoms with Crippen molar-refractivity contribution in [3.63, 3.8) is 0 Å². The highest BCUT2D eigenvalue weighted by molar-refractivity contribution is 5.54. The Hall–Kier alpha value is -3.15. The fraction of sp³-hybridized carbons (Fsp3) is 0.348. The second kappa shape index (κ2) is 8.47. The highest BCUT2D eigenvalue weighted by Gasteiger charge is 2.18. The van der Waals surface area contributed by atoms with Crippen LogP contribution in [0, 0.1) is 0 Å². The van der Waals surface area contributed by atoms with E-state index in [1.165, 1.54) is 11.4 Å². The van der Waals surface area contributed by atoms with Gasteiger partial charge in [0, 0.05) is 56.5 Å². The van der Waals surface area contributed by atoms with Crippen molar-refractivity contribution in [1.82, 2.24) is 9.13 Å². The molecule has 0 amide bonds. The first-order valence-corrected chi connectivity index (χ1v) is 10.2. The standard InChI is InChI=1S/C23H28N4O2/c1-3-12-26-17-18-27(23(26)28)21-6-4-19(5-7-21)24-13-15-25(16-14-24)20-8-10-22(29-2)11-9-20/h4-11,17-18H,3,12-16H2,1-2H3. The summed E-state index contributed by atoms with van der Waals surface area (Å²) in [4.78, 5) is 17.3. The predicted octanol–water partition coefficient (Wildman–Crippen LogP) is 3.38. The van der Waals surface area contributed by atoms with E-state index in [0.717, 1.165) is 50.6 Å². The van der Waals surface area contributed by atoms with Crippen LogP contribution in [-0.2, 0) is 6.54 Å². The topological polar surface area (TPSA) is 42.6 Å². The average Bonchev–Trinajstić information content (AvgIpc) is 3.14. The lowest BCUT2D eigenvalue weighted by molar-refractivity contribution is 0.415. The van der Waals surface area contributed by atoms with Gasteiger partial charge in [-0.3, -0.25) is 9.13 Å². The SMILES string of the molecule is CCCn1ccn(-c2ccc(N3CCN(c4ccc(OC)cc4)CC3)cc2)c1=O. The van der Waals surface area contributed by atoms with Crippen LogP contribution in [0.25, 0.3) is 5.69 Å². The molecule has 0 bridgehead atoms. The van der Waals surface area contributed by atoms with Crippen molar-refractivity contribution in [3.8, 4) is 11.4 Å². The second-order valence-corrected chi connectivity index (χ2v) is 7.33. The van der Waals surface area contributed by atoms with Crippen molar-refractivity contribution in [2.24, 2.45) is 0 Å². The third-order valence-corrected chi connectivity index (χ3v) is 5.52. The molecule has 1 fully saturated rings. The summed E-state index contributed by atoms with van der Waals surface area (Å²) in [6, 6.07) is 16.5. The molecule has 29 heavy (non-hydrogen) atoms. The van der Waals surface area contributed by atoms with Gasteiger partial charge < -0.3 is 14.5 Å². The van der Waals surface area contributed by atoms with E-state index in [1.54, 1.807) is 16.2 Å². The Balaban J connectivity index is 1.41. The monoisotopic (exact) mass is 392 g/mol. The third-order valence-electron chi connectivity index (χ3n) is 5.52. The molecule has 0 atom stereocenters. The molecule has 4 rings (SSSR count). The number of hydrogen-bond donors (Lipinski definition) is 0. The molecular formula is C23H28N4O2. The number of piperazine rings is 1. The van der Waals surface area contributed by atoms with Gasteiger partial charge in [0.2, 0.25) is 0 Å². The third kappa shape index (κ3) is 4.01. The van der Waals surface area contributed by atoms with Crippen LogP contribution in [0.15, 0.2) is 65.7 Å². The minimum atomic E-state index is 0.0210. The van der Waals surface area contributed by atoms with E-state index in [9.17, 15) is 4.79 Å². The lowest BCUT2D eigenvalue weighted by Crippen LogP contribution is -2.46. The lowest BCUT2D eigenvalue weighted by Gasteiger charge is -2.37. The summed E-state index contributed by atoms with van der Waals surface area (Å²) in [5, 5.41) is 0. The van der Waals surface area contributed by atoms with Crippen LogP contribution in [-0.4, -0.2) is 42.4 Å². The molecule has 6 nitrogen and oxygen atoms in total. The molecule has 1 saturated heterocycles.